The van der Waals surface area contributed by atoms with E-state index < -0.39 is 52.4 Å². The zero-order valence-electron chi connectivity index (χ0n) is 18.2. The molecule has 1 fully saturated rings. The number of alkyl halides is 4. The van der Waals surface area contributed by atoms with E-state index in [4.69, 9.17) is 0 Å². The van der Waals surface area contributed by atoms with Gasteiger partial charge in [0.2, 0.25) is 15.9 Å². The summed E-state index contributed by atoms with van der Waals surface area (Å²) in [5.74, 6) is -1.44. The number of halogens is 5. The monoisotopic (exact) mass is 528 g/mol. The first-order valence-corrected chi connectivity index (χ1v) is 11.8. The third-order valence-electron chi connectivity index (χ3n) is 5.30. The largest absolute Gasteiger partial charge is 0.434 e. The van der Waals surface area contributed by atoms with Crippen LogP contribution in [0.4, 0.5) is 22.0 Å². The van der Waals surface area contributed by atoms with Crippen LogP contribution in [0.5, 0.6) is 0 Å². The Bertz CT molecular complexity index is 1350. The zero-order valence-corrected chi connectivity index (χ0v) is 19.0. The van der Waals surface area contributed by atoms with Crippen molar-refractivity contribution in [3.63, 3.8) is 0 Å². The summed E-state index contributed by atoms with van der Waals surface area (Å²) in [5.41, 5.74) is -0.764. The highest BCUT2D eigenvalue weighted by Gasteiger charge is 2.44. The number of carbonyl (C=O) groups excluding carboxylic acids is 1. The fourth-order valence-electron chi connectivity index (χ4n) is 3.54. The standard InChI is InChI=1S/C21H17F5N6O3S/c22-12-1-3-15(4-2-12)36(34,35)32-10-13(23)5-18(32)20(33)29-7-14-6-16(31-11-30-14)17-8-28-19(9-27-17)21(24,25)26/h1-4,6,8-9,11,13,18H,5,7,10H2,(H,29,33)/t13-,18+/m1/s1. The van der Waals surface area contributed by atoms with Gasteiger partial charge in [-0.25, -0.2) is 32.2 Å². The van der Waals surface area contributed by atoms with E-state index in [1.807, 2.05) is 0 Å². The molecule has 1 aliphatic heterocycles. The summed E-state index contributed by atoms with van der Waals surface area (Å²) in [7, 11) is -4.28. The van der Waals surface area contributed by atoms with E-state index in [0.717, 1.165) is 41.1 Å². The molecule has 1 aliphatic rings. The van der Waals surface area contributed by atoms with Gasteiger partial charge in [-0.05, 0) is 30.3 Å². The third-order valence-corrected chi connectivity index (χ3v) is 7.19. The minimum absolute atomic E-state index is 0.0330. The van der Waals surface area contributed by atoms with Gasteiger partial charge >= 0.3 is 6.18 Å². The van der Waals surface area contributed by atoms with Crippen LogP contribution in [-0.4, -0.2) is 57.3 Å². The molecule has 0 unspecified atom stereocenters. The first-order valence-electron chi connectivity index (χ1n) is 10.3. The molecular formula is C21H17F5N6O3S. The Morgan fingerprint density at radius 1 is 1.06 bits per heavy atom. The molecule has 2 atom stereocenters. The lowest BCUT2D eigenvalue weighted by Gasteiger charge is -2.23. The summed E-state index contributed by atoms with van der Waals surface area (Å²) in [6, 6.07) is 3.95. The van der Waals surface area contributed by atoms with Gasteiger partial charge in [0.15, 0.2) is 5.69 Å². The number of hydrogen-bond acceptors (Lipinski definition) is 7. The van der Waals surface area contributed by atoms with Crippen LogP contribution >= 0.6 is 0 Å². The van der Waals surface area contributed by atoms with Crippen molar-refractivity contribution < 1.29 is 35.2 Å². The van der Waals surface area contributed by atoms with Crippen molar-refractivity contribution in [1.82, 2.24) is 29.6 Å². The lowest BCUT2D eigenvalue weighted by molar-refractivity contribution is -0.141. The summed E-state index contributed by atoms with van der Waals surface area (Å²) in [5, 5.41) is 2.49. The highest BCUT2D eigenvalue weighted by molar-refractivity contribution is 7.89. The molecule has 0 aliphatic carbocycles. The van der Waals surface area contributed by atoms with E-state index in [-0.39, 0.29) is 34.9 Å². The molecule has 1 amide bonds. The molecule has 0 bridgehead atoms. The number of benzene rings is 1. The highest BCUT2D eigenvalue weighted by Crippen LogP contribution is 2.29. The van der Waals surface area contributed by atoms with Crippen LogP contribution in [0.2, 0.25) is 0 Å². The molecule has 190 valence electrons. The molecule has 2 aromatic heterocycles. The van der Waals surface area contributed by atoms with E-state index >= 15 is 0 Å². The van der Waals surface area contributed by atoms with E-state index in [1.54, 1.807) is 0 Å². The Balaban J connectivity index is 1.46. The van der Waals surface area contributed by atoms with E-state index in [2.05, 4.69) is 25.3 Å². The van der Waals surface area contributed by atoms with Crippen molar-refractivity contribution in [3.05, 3.63) is 66.3 Å². The maximum absolute atomic E-state index is 14.2. The van der Waals surface area contributed by atoms with E-state index in [1.165, 1.54) is 6.07 Å². The van der Waals surface area contributed by atoms with Gasteiger partial charge in [-0.2, -0.15) is 17.5 Å². The Morgan fingerprint density at radius 2 is 1.78 bits per heavy atom. The van der Waals surface area contributed by atoms with Gasteiger partial charge in [-0.3, -0.25) is 9.78 Å². The normalized spacial score (nSPS) is 18.8. The van der Waals surface area contributed by atoms with Crippen LogP contribution in [-0.2, 0) is 27.5 Å². The molecule has 1 saturated heterocycles. The van der Waals surface area contributed by atoms with Gasteiger partial charge in [0.05, 0.1) is 35.2 Å². The van der Waals surface area contributed by atoms with Crippen LogP contribution in [0.3, 0.4) is 0 Å². The fraction of sp³-hybridized carbons (Fsp3) is 0.286. The minimum atomic E-state index is -4.65. The van der Waals surface area contributed by atoms with Gasteiger partial charge in [-0.15, -0.1) is 0 Å². The quantitative estimate of drug-likeness (QED) is 0.489. The van der Waals surface area contributed by atoms with Crippen molar-refractivity contribution in [2.75, 3.05) is 6.54 Å². The highest BCUT2D eigenvalue weighted by atomic mass is 32.2. The maximum atomic E-state index is 14.2. The van der Waals surface area contributed by atoms with Crippen LogP contribution in [0, 0.1) is 5.82 Å². The maximum Gasteiger partial charge on any atom is 0.434 e. The average molecular weight is 528 g/mol. The van der Waals surface area contributed by atoms with Gasteiger partial charge in [0.25, 0.3) is 0 Å². The second kappa shape index (κ2) is 9.81. The number of nitrogens with zero attached hydrogens (tertiary/aromatic N) is 5. The second-order valence-corrected chi connectivity index (χ2v) is 9.67. The summed E-state index contributed by atoms with van der Waals surface area (Å²) in [6.07, 6.45) is -4.05. The van der Waals surface area contributed by atoms with Crippen LogP contribution in [0.1, 0.15) is 17.8 Å². The summed E-state index contributed by atoms with van der Waals surface area (Å²) in [6.45, 7) is -0.748. The van der Waals surface area contributed by atoms with Crippen molar-refractivity contribution in [3.8, 4) is 11.4 Å². The SMILES string of the molecule is O=C(NCc1cc(-c2cnc(C(F)(F)F)cn2)ncn1)[C@@H]1C[C@@H](F)CN1S(=O)(=O)c1ccc(F)cc1. The summed E-state index contributed by atoms with van der Waals surface area (Å²) < 4.78 is 91.9. The predicted octanol–water partition coefficient (Wildman–Crippen LogP) is 2.51. The lowest BCUT2D eigenvalue weighted by Crippen LogP contribution is -2.45. The first kappa shape index (κ1) is 25.5. The number of nitrogens with one attached hydrogen (secondary N) is 1. The molecular weight excluding hydrogens is 511 g/mol. The smallest absolute Gasteiger partial charge is 0.349 e. The third kappa shape index (κ3) is 5.46. The molecule has 9 nitrogen and oxygen atoms in total. The first-order chi connectivity index (χ1) is 16.9. The number of rotatable bonds is 6. The zero-order chi connectivity index (χ0) is 26.1. The van der Waals surface area contributed by atoms with Gasteiger partial charge in [-0.1, -0.05) is 0 Å². The Morgan fingerprint density at radius 3 is 2.42 bits per heavy atom. The Kier molecular flexibility index (Phi) is 6.95. The number of sulfonamides is 1. The van der Waals surface area contributed by atoms with Gasteiger partial charge < -0.3 is 5.32 Å². The molecule has 36 heavy (non-hydrogen) atoms. The van der Waals surface area contributed by atoms with Crippen molar-refractivity contribution >= 4 is 15.9 Å². The molecule has 1 aromatic carbocycles. The Hall–Kier alpha value is -3.59. The average Bonchev–Trinajstić information content (AvgIpc) is 3.25. The number of amides is 1. The molecule has 1 N–H and O–H groups in total. The number of hydrogen-bond donors (Lipinski definition) is 1. The lowest BCUT2D eigenvalue weighted by atomic mass is 10.2. The van der Waals surface area contributed by atoms with E-state index in [0.29, 0.717) is 6.20 Å². The van der Waals surface area contributed by atoms with Crippen LogP contribution in [0.15, 0.2) is 53.9 Å². The predicted molar refractivity (Wildman–Crippen MR) is 113 cm³/mol. The molecule has 0 spiro atoms. The van der Waals surface area contributed by atoms with Crippen LogP contribution < -0.4 is 5.32 Å². The molecule has 4 rings (SSSR count). The van der Waals surface area contributed by atoms with Crippen molar-refractivity contribution in [2.24, 2.45) is 0 Å². The fourth-order valence-corrected chi connectivity index (χ4v) is 5.16. The second-order valence-electron chi connectivity index (χ2n) is 7.77. The number of aromatic nitrogens is 4. The molecule has 3 aromatic rings. The Labute approximate surface area is 201 Å². The van der Waals surface area contributed by atoms with E-state index in [9.17, 15) is 35.2 Å². The summed E-state index contributed by atoms with van der Waals surface area (Å²) >= 11 is 0. The van der Waals surface area contributed by atoms with Crippen molar-refractivity contribution in [2.45, 2.75) is 36.3 Å². The molecule has 3 heterocycles. The van der Waals surface area contributed by atoms with Crippen LogP contribution in [0.25, 0.3) is 11.4 Å². The van der Waals surface area contributed by atoms with Gasteiger partial charge in [0, 0.05) is 13.0 Å². The van der Waals surface area contributed by atoms with Gasteiger partial charge in [0.1, 0.15) is 30.1 Å². The molecule has 15 heteroatoms. The van der Waals surface area contributed by atoms with Crippen molar-refractivity contribution in [1.29, 1.82) is 0 Å². The molecule has 0 radical (unpaired) electrons. The summed E-state index contributed by atoms with van der Waals surface area (Å²) in [4.78, 5) is 27.4. The molecule has 0 saturated carbocycles. The number of carbonyl (C=O) groups is 1. The topological polar surface area (TPSA) is 118 Å². The minimum Gasteiger partial charge on any atom is -0.349 e.